The summed E-state index contributed by atoms with van der Waals surface area (Å²) in [5, 5.41) is 7.40. The standard InChI is InChI=1S/C58H33N5/c1-3-16-34(17-4-1)55-59-56(35-18-5-2-6-19-35)61-57(60-55)42-31-33-48-51-50-45(58(52(42)51)43-25-11-7-20-36(43)37-21-8-12-26-44(37)58)32-30-41-39-23-10-14-28-47(39)63(54(41)50)49-29-15-24-40-38-22-9-13-27-46(38)62(48)53(40)49/h1-33H. The van der Waals surface area contributed by atoms with Crippen LogP contribution in [-0.2, 0) is 5.41 Å². The maximum Gasteiger partial charge on any atom is 0.164 e. The molecule has 0 unspecified atom stereocenters. The molecular formula is C58H33N5. The zero-order valence-corrected chi connectivity index (χ0v) is 33.8. The third kappa shape index (κ3) is 4.05. The Labute approximate surface area is 360 Å². The van der Waals surface area contributed by atoms with E-state index in [-0.39, 0.29) is 0 Å². The molecule has 0 bridgehead atoms. The number of aromatic nitrogens is 5. The highest BCUT2D eigenvalue weighted by atomic mass is 15.0. The van der Waals surface area contributed by atoms with E-state index >= 15 is 0 Å². The highest BCUT2D eigenvalue weighted by molar-refractivity contribution is 6.27. The second kappa shape index (κ2) is 11.9. The molecule has 9 aromatic carbocycles. The first-order chi connectivity index (χ1) is 31.3. The van der Waals surface area contributed by atoms with Gasteiger partial charge in [0.25, 0.3) is 0 Å². The lowest BCUT2D eigenvalue weighted by molar-refractivity contribution is 0.797. The number of hydrogen-bond acceptors (Lipinski definition) is 3. The van der Waals surface area contributed by atoms with Gasteiger partial charge in [-0.3, -0.25) is 0 Å². The van der Waals surface area contributed by atoms with Crippen LogP contribution in [0.15, 0.2) is 200 Å². The first-order valence-corrected chi connectivity index (χ1v) is 21.6. The minimum Gasteiger partial charge on any atom is -0.307 e. The summed E-state index contributed by atoms with van der Waals surface area (Å²) < 4.78 is 5.11. The number of benzene rings is 9. The summed E-state index contributed by atoms with van der Waals surface area (Å²) in [6, 6.07) is 72.9. The fraction of sp³-hybridized carbons (Fsp3) is 0.0172. The third-order valence-corrected chi connectivity index (χ3v) is 14.1. The molecule has 0 radical (unpaired) electrons. The smallest absolute Gasteiger partial charge is 0.164 e. The van der Waals surface area contributed by atoms with E-state index in [4.69, 9.17) is 15.0 Å². The summed E-state index contributed by atoms with van der Waals surface area (Å²) in [5.74, 6) is 1.94. The van der Waals surface area contributed by atoms with Crippen LogP contribution in [0.3, 0.4) is 0 Å². The molecule has 0 amide bonds. The molecule has 13 aromatic rings. The largest absolute Gasteiger partial charge is 0.307 e. The zero-order valence-electron chi connectivity index (χ0n) is 33.8. The summed E-state index contributed by atoms with van der Waals surface area (Å²) in [4.78, 5) is 16.1. The van der Waals surface area contributed by atoms with Crippen LogP contribution in [-0.4, -0.2) is 23.8 Å². The molecule has 0 aliphatic heterocycles. The predicted octanol–water partition coefficient (Wildman–Crippen LogP) is 13.8. The molecular weight excluding hydrogens is 767 g/mol. The van der Waals surface area contributed by atoms with E-state index in [1.165, 1.54) is 93.3 Å². The van der Waals surface area contributed by atoms with Gasteiger partial charge in [0, 0.05) is 49.0 Å². The van der Waals surface area contributed by atoms with E-state index in [1.54, 1.807) is 0 Å². The first-order valence-electron chi connectivity index (χ1n) is 21.6. The van der Waals surface area contributed by atoms with Crippen molar-refractivity contribution in [1.82, 2.24) is 23.8 Å². The lowest BCUT2D eigenvalue weighted by Crippen LogP contribution is -2.27. The fourth-order valence-electron chi connectivity index (χ4n) is 11.8. The Morgan fingerprint density at radius 3 is 1.46 bits per heavy atom. The number of para-hydroxylation sites is 3. The lowest BCUT2D eigenvalue weighted by Gasteiger charge is -2.32. The minimum absolute atomic E-state index is 0.643. The van der Waals surface area contributed by atoms with Crippen molar-refractivity contribution in [1.29, 1.82) is 0 Å². The number of fused-ring (bicyclic) bond motifs is 15. The molecule has 290 valence electrons. The van der Waals surface area contributed by atoms with E-state index in [2.05, 4.69) is 173 Å². The molecule has 4 heterocycles. The molecule has 15 rings (SSSR count). The summed E-state index contributed by atoms with van der Waals surface area (Å²) in [6.07, 6.45) is 0. The summed E-state index contributed by atoms with van der Waals surface area (Å²) in [7, 11) is 0. The van der Waals surface area contributed by atoms with Crippen molar-refractivity contribution in [2.75, 3.05) is 0 Å². The van der Waals surface area contributed by atoms with Gasteiger partial charge in [0.2, 0.25) is 0 Å². The number of hydrogen-bond donors (Lipinski definition) is 0. The molecule has 5 nitrogen and oxygen atoms in total. The molecule has 0 saturated heterocycles. The van der Waals surface area contributed by atoms with E-state index in [0.717, 1.165) is 22.2 Å². The molecule has 1 spiro atoms. The first kappa shape index (κ1) is 33.3. The van der Waals surface area contributed by atoms with Crippen LogP contribution >= 0.6 is 0 Å². The zero-order chi connectivity index (χ0) is 41.0. The lowest BCUT2D eigenvalue weighted by atomic mass is 9.68. The van der Waals surface area contributed by atoms with E-state index in [0.29, 0.717) is 17.5 Å². The Kier molecular flexibility index (Phi) is 6.30. The van der Waals surface area contributed by atoms with Crippen LogP contribution in [0.1, 0.15) is 22.3 Å². The molecule has 0 fully saturated rings. The van der Waals surface area contributed by atoms with Gasteiger partial charge in [0.1, 0.15) is 0 Å². The summed E-state index contributed by atoms with van der Waals surface area (Å²) >= 11 is 0. The fourth-order valence-corrected chi connectivity index (χ4v) is 11.8. The van der Waals surface area contributed by atoms with Gasteiger partial charge < -0.3 is 8.80 Å². The second-order valence-electron chi connectivity index (χ2n) is 17.0. The van der Waals surface area contributed by atoms with Gasteiger partial charge in [-0.1, -0.05) is 170 Å². The van der Waals surface area contributed by atoms with E-state index < -0.39 is 5.41 Å². The maximum atomic E-state index is 5.47. The Bertz CT molecular complexity index is 4040. The molecule has 63 heavy (non-hydrogen) atoms. The van der Waals surface area contributed by atoms with Gasteiger partial charge in [-0.15, -0.1) is 0 Å². The van der Waals surface area contributed by atoms with Crippen LogP contribution in [0.4, 0.5) is 0 Å². The van der Waals surface area contributed by atoms with Gasteiger partial charge in [0.05, 0.1) is 38.5 Å². The molecule has 0 atom stereocenters. The number of nitrogens with zero attached hydrogens (tertiary/aromatic N) is 5. The van der Waals surface area contributed by atoms with Crippen molar-refractivity contribution in [3.8, 4) is 45.3 Å². The van der Waals surface area contributed by atoms with Gasteiger partial charge in [-0.25, -0.2) is 15.0 Å². The Morgan fingerprint density at radius 1 is 0.302 bits per heavy atom. The highest BCUT2D eigenvalue weighted by Gasteiger charge is 2.52. The second-order valence-corrected chi connectivity index (χ2v) is 17.0. The van der Waals surface area contributed by atoms with E-state index in [9.17, 15) is 0 Å². The van der Waals surface area contributed by atoms with Gasteiger partial charge in [-0.2, -0.15) is 0 Å². The van der Waals surface area contributed by atoms with Crippen molar-refractivity contribution in [2.45, 2.75) is 5.41 Å². The van der Waals surface area contributed by atoms with Crippen molar-refractivity contribution in [2.24, 2.45) is 0 Å². The Balaban J connectivity index is 1.25. The van der Waals surface area contributed by atoms with Crippen LogP contribution in [0.25, 0.3) is 111 Å². The minimum atomic E-state index is -0.705. The van der Waals surface area contributed by atoms with Crippen molar-refractivity contribution in [3.05, 3.63) is 222 Å². The van der Waals surface area contributed by atoms with Gasteiger partial charge in [0.15, 0.2) is 17.5 Å². The van der Waals surface area contributed by atoms with Crippen LogP contribution in [0, 0.1) is 0 Å². The molecule has 2 aliphatic rings. The van der Waals surface area contributed by atoms with Crippen LogP contribution < -0.4 is 0 Å². The van der Waals surface area contributed by atoms with Crippen LogP contribution in [0.2, 0.25) is 0 Å². The normalized spacial score (nSPS) is 13.5. The van der Waals surface area contributed by atoms with Crippen molar-refractivity contribution in [3.63, 3.8) is 0 Å². The summed E-state index contributed by atoms with van der Waals surface area (Å²) in [5.41, 5.74) is 16.8. The topological polar surface area (TPSA) is 47.5 Å². The molecule has 0 N–H and O–H groups in total. The quantitative estimate of drug-likeness (QED) is 0.179. The average molecular weight is 800 g/mol. The molecule has 0 saturated carbocycles. The average Bonchev–Trinajstić information content (AvgIpc) is 4.06. The van der Waals surface area contributed by atoms with Gasteiger partial charge >= 0.3 is 0 Å². The Morgan fingerprint density at radius 2 is 0.810 bits per heavy atom. The third-order valence-electron chi connectivity index (χ3n) is 14.1. The highest BCUT2D eigenvalue weighted by Crippen LogP contribution is 2.64. The monoisotopic (exact) mass is 799 g/mol. The van der Waals surface area contributed by atoms with Crippen molar-refractivity contribution < 1.29 is 0 Å². The van der Waals surface area contributed by atoms with Gasteiger partial charge in [-0.05, 0) is 63.7 Å². The summed E-state index contributed by atoms with van der Waals surface area (Å²) in [6.45, 7) is 0. The molecule has 5 heteroatoms. The van der Waals surface area contributed by atoms with Crippen molar-refractivity contribution >= 4 is 65.4 Å². The van der Waals surface area contributed by atoms with Crippen LogP contribution in [0.5, 0.6) is 0 Å². The number of rotatable bonds is 3. The predicted molar refractivity (Wildman–Crippen MR) is 256 cm³/mol. The van der Waals surface area contributed by atoms with E-state index in [1.807, 2.05) is 36.4 Å². The Hall–Kier alpha value is -8.41. The molecule has 2 aliphatic carbocycles. The SMILES string of the molecule is c1ccc(-c2nc(-c3ccccc3)nc(-c3ccc4c5c3C3(c6ccccc6-c6ccccc63)c3ccc6c7ccccc7n(c7cccc8c9ccccc9n4c87)c6c35)n2)cc1. The molecule has 4 aromatic heterocycles. The maximum absolute atomic E-state index is 5.47.